The number of hydrogen-bond acceptors (Lipinski definition) is 2. The molecule has 0 spiro atoms. The van der Waals surface area contributed by atoms with Crippen molar-refractivity contribution in [1.29, 1.82) is 0 Å². The third-order valence-electron chi connectivity index (χ3n) is 2.15. The van der Waals surface area contributed by atoms with Crippen molar-refractivity contribution >= 4 is 34.1 Å². The van der Waals surface area contributed by atoms with Crippen LogP contribution in [0.15, 0.2) is 24.4 Å². The van der Waals surface area contributed by atoms with Crippen LogP contribution in [0.4, 0.5) is 0 Å². The molecule has 0 amide bonds. The van der Waals surface area contributed by atoms with Crippen molar-refractivity contribution in [3.8, 4) is 0 Å². The highest BCUT2D eigenvalue weighted by atomic mass is 35.5. The van der Waals surface area contributed by atoms with Gasteiger partial charge in [-0.05, 0) is 30.8 Å². The van der Waals surface area contributed by atoms with Gasteiger partial charge in [0, 0.05) is 23.2 Å². The zero-order valence-corrected chi connectivity index (χ0v) is 9.73. The van der Waals surface area contributed by atoms with Crippen LogP contribution in [0.2, 0.25) is 10.0 Å². The number of fused-ring (bicyclic) bond motifs is 1. The van der Waals surface area contributed by atoms with Crippen molar-refractivity contribution < 1.29 is 0 Å². The molecule has 1 heterocycles. The van der Waals surface area contributed by atoms with Gasteiger partial charge in [-0.3, -0.25) is 4.98 Å². The molecule has 0 aliphatic heterocycles. The summed E-state index contributed by atoms with van der Waals surface area (Å²) in [6, 6.07) is 5.57. The first kappa shape index (κ1) is 10.7. The molecule has 1 N–H and O–H groups in total. The molecule has 0 bridgehead atoms. The normalized spacial score (nSPS) is 10.9. The summed E-state index contributed by atoms with van der Waals surface area (Å²) in [6.45, 7) is 0.780. The van der Waals surface area contributed by atoms with Crippen LogP contribution in [0, 0.1) is 0 Å². The molecule has 2 aromatic rings. The number of halogens is 2. The monoisotopic (exact) mass is 240 g/mol. The van der Waals surface area contributed by atoms with Crippen LogP contribution >= 0.6 is 23.2 Å². The third kappa shape index (κ3) is 2.23. The molecule has 0 aliphatic rings. The summed E-state index contributed by atoms with van der Waals surface area (Å²) in [5.41, 5.74) is 1.93. The van der Waals surface area contributed by atoms with Gasteiger partial charge in [0.15, 0.2) is 0 Å². The number of rotatable bonds is 2. The van der Waals surface area contributed by atoms with Gasteiger partial charge >= 0.3 is 0 Å². The smallest absolute Gasteiger partial charge is 0.0731 e. The lowest BCUT2D eigenvalue weighted by atomic mass is 10.1. The van der Waals surface area contributed by atoms with E-state index < -0.39 is 0 Å². The Kier molecular flexibility index (Phi) is 3.10. The van der Waals surface area contributed by atoms with E-state index in [0.29, 0.717) is 10.0 Å². The first-order valence-electron chi connectivity index (χ1n) is 4.59. The average Bonchev–Trinajstić information content (AvgIpc) is 2.19. The van der Waals surface area contributed by atoms with Crippen LogP contribution in [-0.4, -0.2) is 12.0 Å². The van der Waals surface area contributed by atoms with Crippen molar-refractivity contribution in [2.75, 3.05) is 7.05 Å². The maximum atomic E-state index is 6.09. The van der Waals surface area contributed by atoms with Crippen LogP contribution in [0.3, 0.4) is 0 Å². The molecule has 0 atom stereocenters. The Bertz CT molecular complexity index is 497. The van der Waals surface area contributed by atoms with Crippen LogP contribution in [0.25, 0.3) is 10.9 Å². The maximum Gasteiger partial charge on any atom is 0.0731 e. The Morgan fingerprint density at radius 2 is 2.07 bits per heavy atom. The van der Waals surface area contributed by atoms with Gasteiger partial charge in [-0.15, -0.1) is 0 Å². The second-order valence-corrected chi connectivity index (χ2v) is 4.17. The van der Waals surface area contributed by atoms with E-state index in [-0.39, 0.29) is 0 Å². The van der Waals surface area contributed by atoms with E-state index in [1.165, 1.54) is 0 Å². The van der Waals surface area contributed by atoms with Crippen LogP contribution in [-0.2, 0) is 6.54 Å². The molecule has 1 aromatic carbocycles. The lowest BCUT2D eigenvalue weighted by Gasteiger charge is -2.04. The molecule has 0 aliphatic carbocycles. The van der Waals surface area contributed by atoms with Gasteiger partial charge in [-0.2, -0.15) is 0 Å². The van der Waals surface area contributed by atoms with E-state index in [1.807, 2.05) is 25.4 Å². The van der Waals surface area contributed by atoms with Crippen LogP contribution in [0.5, 0.6) is 0 Å². The van der Waals surface area contributed by atoms with Gasteiger partial charge in [0.25, 0.3) is 0 Å². The predicted octanol–water partition coefficient (Wildman–Crippen LogP) is 3.26. The first-order chi connectivity index (χ1) is 7.20. The minimum atomic E-state index is 0.612. The highest BCUT2D eigenvalue weighted by Gasteiger charge is 2.03. The molecular formula is C11H10Cl2N2. The predicted molar refractivity (Wildman–Crippen MR) is 64.5 cm³/mol. The fourth-order valence-corrected chi connectivity index (χ4v) is 2.03. The molecule has 0 saturated heterocycles. The van der Waals surface area contributed by atoms with E-state index >= 15 is 0 Å². The Labute approximate surface area is 98.2 Å². The number of pyridine rings is 1. The Morgan fingerprint density at radius 1 is 1.27 bits per heavy atom. The fourth-order valence-electron chi connectivity index (χ4n) is 1.50. The zero-order chi connectivity index (χ0) is 10.8. The van der Waals surface area contributed by atoms with Gasteiger partial charge in [0.2, 0.25) is 0 Å². The summed E-state index contributed by atoms with van der Waals surface area (Å²) in [7, 11) is 1.90. The largest absolute Gasteiger partial charge is 0.316 e. The SMILES string of the molecule is CNCc1cnc2cc(Cl)cc(Cl)c2c1. The van der Waals surface area contributed by atoms with Gasteiger partial charge in [-0.25, -0.2) is 0 Å². The highest BCUT2D eigenvalue weighted by molar-refractivity contribution is 6.38. The Balaban J connectivity index is 2.60. The standard InChI is InChI=1S/C11H10Cl2N2/c1-14-5-7-2-9-10(13)3-8(12)4-11(9)15-6-7/h2-4,6,14H,5H2,1H3. The Hall–Kier alpha value is -0.830. The number of nitrogens with zero attached hydrogens (tertiary/aromatic N) is 1. The topological polar surface area (TPSA) is 24.9 Å². The van der Waals surface area contributed by atoms with Crippen molar-refractivity contribution in [2.24, 2.45) is 0 Å². The van der Waals surface area contributed by atoms with E-state index in [9.17, 15) is 0 Å². The molecule has 0 fully saturated rings. The molecule has 2 nitrogen and oxygen atoms in total. The molecule has 1 aromatic heterocycles. The quantitative estimate of drug-likeness (QED) is 0.872. The van der Waals surface area contributed by atoms with Gasteiger partial charge in [0.05, 0.1) is 10.5 Å². The molecule has 15 heavy (non-hydrogen) atoms. The molecule has 0 unspecified atom stereocenters. The first-order valence-corrected chi connectivity index (χ1v) is 5.34. The minimum absolute atomic E-state index is 0.612. The van der Waals surface area contributed by atoms with Crippen LogP contribution < -0.4 is 5.32 Å². The second-order valence-electron chi connectivity index (χ2n) is 3.33. The molecular weight excluding hydrogens is 231 g/mol. The van der Waals surface area contributed by atoms with Crippen molar-refractivity contribution in [1.82, 2.24) is 10.3 Å². The maximum absolute atomic E-state index is 6.09. The van der Waals surface area contributed by atoms with Crippen LogP contribution in [0.1, 0.15) is 5.56 Å². The summed E-state index contributed by atoms with van der Waals surface area (Å²) >= 11 is 12.0. The highest BCUT2D eigenvalue weighted by Crippen LogP contribution is 2.27. The molecule has 4 heteroatoms. The third-order valence-corrected chi connectivity index (χ3v) is 2.68. The van der Waals surface area contributed by atoms with Gasteiger partial charge < -0.3 is 5.32 Å². The van der Waals surface area contributed by atoms with Crippen molar-refractivity contribution in [2.45, 2.75) is 6.54 Å². The molecule has 78 valence electrons. The van der Waals surface area contributed by atoms with E-state index in [1.54, 1.807) is 6.07 Å². The van der Waals surface area contributed by atoms with Crippen molar-refractivity contribution in [3.05, 3.63) is 40.0 Å². The summed E-state index contributed by atoms with van der Waals surface area (Å²) < 4.78 is 0. The number of nitrogens with one attached hydrogen (secondary N) is 1. The minimum Gasteiger partial charge on any atom is -0.316 e. The molecule has 2 rings (SSSR count). The zero-order valence-electron chi connectivity index (χ0n) is 8.22. The molecule has 0 radical (unpaired) electrons. The average molecular weight is 241 g/mol. The number of hydrogen-bond donors (Lipinski definition) is 1. The Morgan fingerprint density at radius 3 is 2.80 bits per heavy atom. The van der Waals surface area contributed by atoms with Crippen molar-refractivity contribution in [3.63, 3.8) is 0 Å². The number of benzene rings is 1. The van der Waals surface area contributed by atoms with Gasteiger partial charge in [-0.1, -0.05) is 23.2 Å². The lowest BCUT2D eigenvalue weighted by molar-refractivity contribution is 0.815. The summed E-state index contributed by atoms with van der Waals surface area (Å²) in [5.74, 6) is 0. The second kappa shape index (κ2) is 4.35. The van der Waals surface area contributed by atoms with E-state index in [4.69, 9.17) is 23.2 Å². The fraction of sp³-hybridized carbons (Fsp3) is 0.182. The van der Waals surface area contributed by atoms with E-state index in [2.05, 4.69) is 10.3 Å². The summed E-state index contributed by atoms with van der Waals surface area (Å²) in [5, 5.41) is 5.26. The summed E-state index contributed by atoms with van der Waals surface area (Å²) in [4.78, 5) is 4.31. The number of aromatic nitrogens is 1. The molecule has 0 saturated carbocycles. The van der Waals surface area contributed by atoms with Gasteiger partial charge in [0.1, 0.15) is 0 Å². The summed E-state index contributed by atoms with van der Waals surface area (Å²) in [6.07, 6.45) is 1.82. The lowest BCUT2D eigenvalue weighted by Crippen LogP contribution is -2.05. The van der Waals surface area contributed by atoms with E-state index in [0.717, 1.165) is 23.0 Å².